The van der Waals surface area contributed by atoms with Crippen molar-refractivity contribution in [3.8, 4) is 11.5 Å². The van der Waals surface area contributed by atoms with Gasteiger partial charge in [-0.25, -0.2) is 0 Å². The maximum absolute atomic E-state index is 12.3. The van der Waals surface area contributed by atoms with Crippen LogP contribution < -0.4 is 5.32 Å². The van der Waals surface area contributed by atoms with Gasteiger partial charge in [-0.15, -0.1) is 11.3 Å². The van der Waals surface area contributed by atoms with Gasteiger partial charge in [0.15, 0.2) is 5.76 Å². The van der Waals surface area contributed by atoms with E-state index in [1.54, 1.807) is 10.9 Å². The Labute approximate surface area is 142 Å². The van der Waals surface area contributed by atoms with E-state index in [0.717, 1.165) is 21.5 Å². The summed E-state index contributed by atoms with van der Waals surface area (Å²) >= 11 is 1.49. The molecule has 6 heteroatoms. The van der Waals surface area contributed by atoms with Gasteiger partial charge in [-0.05, 0) is 35.7 Å². The van der Waals surface area contributed by atoms with E-state index in [9.17, 15) is 4.79 Å². The number of aromatic nitrogens is 2. The number of fused-ring (bicyclic) bond motifs is 1. The first-order chi connectivity index (χ1) is 11.7. The van der Waals surface area contributed by atoms with Crippen LogP contribution in [0.5, 0.6) is 0 Å². The highest BCUT2D eigenvalue weighted by Crippen LogP contribution is 2.25. The first-order valence-corrected chi connectivity index (χ1v) is 8.36. The van der Waals surface area contributed by atoms with Crippen molar-refractivity contribution in [2.45, 2.75) is 6.54 Å². The SMILES string of the molecule is Cn1nccc1-c1ccc(CNC(=O)c2cc3ccccc3s2)o1. The molecule has 0 radical (unpaired) electrons. The molecule has 0 spiro atoms. The molecule has 5 nitrogen and oxygen atoms in total. The summed E-state index contributed by atoms with van der Waals surface area (Å²) in [6.07, 6.45) is 1.72. The van der Waals surface area contributed by atoms with Crippen molar-refractivity contribution < 1.29 is 9.21 Å². The largest absolute Gasteiger partial charge is 0.458 e. The van der Waals surface area contributed by atoms with Crippen LogP contribution >= 0.6 is 11.3 Å². The summed E-state index contributed by atoms with van der Waals surface area (Å²) in [7, 11) is 1.86. The van der Waals surface area contributed by atoms with Gasteiger partial charge in [0.25, 0.3) is 5.91 Å². The van der Waals surface area contributed by atoms with Gasteiger partial charge in [0.05, 0.1) is 11.4 Å². The summed E-state index contributed by atoms with van der Waals surface area (Å²) in [5.41, 5.74) is 0.900. The van der Waals surface area contributed by atoms with Crippen LogP contribution in [0.1, 0.15) is 15.4 Å². The first-order valence-electron chi connectivity index (χ1n) is 7.54. The van der Waals surface area contributed by atoms with Crippen LogP contribution in [0, 0.1) is 0 Å². The smallest absolute Gasteiger partial charge is 0.261 e. The molecule has 0 aliphatic carbocycles. The van der Waals surface area contributed by atoms with Gasteiger partial charge in [0.1, 0.15) is 11.5 Å². The van der Waals surface area contributed by atoms with Crippen LogP contribution in [0.4, 0.5) is 0 Å². The van der Waals surface area contributed by atoms with Crippen LogP contribution in [0.3, 0.4) is 0 Å². The molecule has 1 N–H and O–H groups in total. The van der Waals surface area contributed by atoms with Crippen LogP contribution in [-0.4, -0.2) is 15.7 Å². The zero-order chi connectivity index (χ0) is 16.5. The molecule has 0 aliphatic rings. The van der Waals surface area contributed by atoms with Crippen LogP contribution in [-0.2, 0) is 13.6 Å². The molecule has 0 unspecified atom stereocenters. The van der Waals surface area contributed by atoms with Gasteiger partial charge in [-0.2, -0.15) is 5.10 Å². The van der Waals surface area contributed by atoms with Gasteiger partial charge >= 0.3 is 0 Å². The predicted molar refractivity (Wildman–Crippen MR) is 93.9 cm³/mol. The fraction of sp³-hybridized carbons (Fsp3) is 0.111. The number of nitrogens with one attached hydrogen (secondary N) is 1. The molecule has 0 saturated carbocycles. The standard InChI is InChI=1S/C18H15N3O2S/c1-21-14(8-9-20-21)15-7-6-13(23-15)11-19-18(22)17-10-12-4-2-3-5-16(12)24-17/h2-10H,11H2,1H3,(H,19,22). The third-order valence-corrected chi connectivity index (χ3v) is 4.92. The molecule has 1 aromatic carbocycles. The molecule has 24 heavy (non-hydrogen) atoms. The van der Waals surface area contributed by atoms with E-state index in [1.165, 1.54) is 11.3 Å². The molecule has 0 saturated heterocycles. The van der Waals surface area contributed by atoms with Gasteiger partial charge in [0.2, 0.25) is 0 Å². The second kappa shape index (κ2) is 5.98. The molecular formula is C18H15N3O2S. The molecule has 0 fully saturated rings. The highest BCUT2D eigenvalue weighted by atomic mass is 32.1. The van der Waals surface area contributed by atoms with Crippen molar-refractivity contribution in [3.63, 3.8) is 0 Å². The summed E-state index contributed by atoms with van der Waals surface area (Å²) in [6, 6.07) is 15.5. The number of thiophene rings is 1. The van der Waals surface area contributed by atoms with E-state index in [2.05, 4.69) is 10.4 Å². The van der Waals surface area contributed by atoms with Crippen molar-refractivity contribution in [3.05, 3.63) is 65.4 Å². The second-order valence-corrected chi connectivity index (χ2v) is 6.52. The Morgan fingerprint density at radius 3 is 2.92 bits per heavy atom. The van der Waals surface area contributed by atoms with Gasteiger partial charge in [-0.1, -0.05) is 18.2 Å². The topological polar surface area (TPSA) is 60.1 Å². The number of nitrogens with zero attached hydrogens (tertiary/aromatic N) is 2. The minimum absolute atomic E-state index is 0.0883. The number of carbonyl (C=O) groups is 1. The lowest BCUT2D eigenvalue weighted by Crippen LogP contribution is -2.21. The molecule has 0 aliphatic heterocycles. The average molecular weight is 337 g/mol. The Hall–Kier alpha value is -2.86. The summed E-state index contributed by atoms with van der Waals surface area (Å²) in [5, 5.41) is 8.12. The van der Waals surface area contributed by atoms with Gasteiger partial charge < -0.3 is 9.73 Å². The molecule has 3 heterocycles. The number of benzene rings is 1. The molecule has 3 aromatic heterocycles. The van der Waals surface area contributed by atoms with Crippen molar-refractivity contribution in [1.29, 1.82) is 0 Å². The number of furan rings is 1. The van der Waals surface area contributed by atoms with E-state index in [1.807, 2.05) is 55.6 Å². The monoisotopic (exact) mass is 337 g/mol. The summed E-state index contributed by atoms with van der Waals surface area (Å²) in [4.78, 5) is 13.0. The lowest BCUT2D eigenvalue weighted by Gasteiger charge is -2.01. The Bertz CT molecular complexity index is 979. The average Bonchev–Trinajstić information content (AvgIpc) is 3.31. The third-order valence-electron chi connectivity index (χ3n) is 3.81. The fourth-order valence-corrected chi connectivity index (χ4v) is 3.55. The summed E-state index contributed by atoms with van der Waals surface area (Å²) < 4.78 is 8.64. The van der Waals surface area contributed by atoms with Gasteiger partial charge in [0, 0.05) is 17.9 Å². The Balaban J connectivity index is 1.46. The number of rotatable bonds is 4. The molecular weight excluding hydrogens is 322 g/mol. The van der Waals surface area contributed by atoms with E-state index in [0.29, 0.717) is 17.2 Å². The van der Waals surface area contributed by atoms with E-state index >= 15 is 0 Å². The van der Waals surface area contributed by atoms with E-state index in [4.69, 9.17) is 4.42 Å². The van der Waals surface area contributed by atoms with Crippen molar-refractivity contribution in [2.75, 3.05) is 0 Å². The summed E-state index contributed by atoms with van der Waals surface area (Å²) in [6.45, 7) is 0.352. The number of hydrogen-bond donors (Lipinski definition) is 1. The number of aryl methyl sites for hydroxylation is 1. The second-order valence-electron chi connectivity index (χ2n) is 5.44. The molecule has 4 rings (SSSR count). The molecule has 4 aromatic rings. The fourth-order valence-electron chi connectivity index (χ4n) is 2.57. The molecule has 0 bridgehead atoms. The third kappa shape index (κ3) is 2.72. The van der Waals surface area contributed by atoms with Crippen LogP contribution in [0.25, 0.3) is 21.5 Å². The highest BCUT2D eigenvalue weighted by Gasteiger charge is 2.12. The van der Waals surface area contributed by atoms with E-state index < -0.39 is 0 Å². The maximum atomic E-state index is 12.3. The van der Waals surface area contributed by atoms with Crippen molar-refractivity contribution >= 4 is 27.3 Å². The number of carbonyl (C=O) groups excluding carboxylic acids is 1. The molecule has 120 valence electrons. The normalized spacial score (nSPS) is 11.0. The van der Waals surface area contributed by atoms with Crippen molar-refractivity contribution in [2.24, 2.45) is 7.05 Å². The number of hydrogen-bond acceptors (Lipinski definition) is 4. The minimum Gasteiger partial charge on any atom is -0.458 e. The zero-order valence-corrected chi connectivity index (χ0v) is 13.8. The maximum Gasteiger partial charge on any atom is 0.261 e. The highest BCUT2D eigenvalue weighted by molar-refractivity contribution is 7.20. The Morgan fingerprint density at radius 1 is 1.25 bits per heavy atom. The van der Waals surface area contributed by atoms with Crippen molar-refractivity contribution in [1.82, 2.24) is 15.1 Å². The van der Waals surface area contributed by atoms with Gasteiger partial charge in [-0.3, -0.25) is 9.48 Å². The van der Waals surface area contributed by atoms with Crippen LogP contribution in [0.15, 0.2) is 59.1 Å². The van der Waals surface area contributed by atoms with E-state index in [-0.39, 0.29) is 5.91 Å². The predicted octanol–water partition coefficient (Wildman–Crippen LogP) is 3.82. The quantitative estimate of drug-likeness (QED) is 0.616. The summed E-state index contributed by atoms with van der Waals surface area (Å²) in [5.74, 6) is 1.36. The van der Waals surface area contributed by atoms with Crippen LogP contribution in [0.2, 0.25) is 0 Å². The number of amides is 1. The molecule has 0 atom stereocenters. The molecule has 1 amide bonds. The Morgan fingerprint density at radius 2 is 2.12 bits per heavy atom. The lowest BCUT2D eigenvalue weighted by atomic mass is 10.2. The lowest BCUT2D eigenvalue weighted by molar-refractivity contribution is 0.0952. The zero-order valence-electron chi connectivity index (χ0n) is 13.0. The minimum atomic E-state index is -0.0883. The first kappa shape index (κ1) is 14.7. The Kier molecular flexibility index (Phi) is 3.66.